The Balaban J connectivity index is 2.50. The van der Waals surface area contributed by atoms with Gasteiger partial charge in [-0.3, -0.25) is 4.79 Å². The third kappa shape index (κ3) is 2.80. The molecule has 20 heavy (non-hydrogen) atoms. The van der Waals surface area contributed by atoms with Gasteiger partial charge in [-0.15, -0.1) is 0 Å². The lowest BCUT2D eigenvalue weighted by Crippen LogP contribution is -2.53. The highest BCUT2D eigenvalue weighted by atomic mass is 16.5. The molecule has 1 atom stereocenters. The number of carbonyl (C=O) groups excluding carboxylic acids is 1. The maximum atomic E-state index is 11.9. The van der Waals surface area contributed by atoms with Crippen LogP contribution in [0, 0.1) is 0 Å². The van der Waals surface area contributed by atoms with Crippen LogP contribution in [0.1, 0.15) is 39.2 Å². The average Bonchev–Trinajstić information content (AvgIpc) is 2.37. The van der Waals surface area contributed by atoms with Crippen molar-refractivity contribution in [1.29, 1.82) is 0 Å². The Kier molecular flexibility index (Phi) is 4.04. The number of methoxy groups -OCH3 is 1. The highest BCUT2D eigenvalue weighted by molar-refractivity contribution is 5.71. The van der Waals surface area contributed by atoms with E-state index in [1.165, 1.54) is 7.11 Å². The molecule has 1 aliphatic heterocycles. The predicted octanol–water partition coefficient (Wildman–Crippen LogP) is 2.62. The SMILES string of the molecule is CCNC1(CC(=O)OC)CC(C)(C)Oc2ccccc21. The Morgan fingerprint density at radius 3 is 2.75 bits per heavy atom. The molecule has 1 unspecified atom stereocenters. The van der Waals surface area contributed by atoms with Gasteiger partial charge in [0.1, 0.15) is 11.4 Å². The van der Waals surface area contributed by atoms with E-state index in [0.29, 0.717) is 6.42 Å². The van der Waals surface area contributed by atoms with Crippen LogP contribution in [0.2, 0.25) is 0 Å². The molecule has 0 aliphatic carbocycles. The van der Waals surface area contributed by atoms with Crippen LogP contribution >= 0.6 is 0 Å². The Morgan fingerprint density at radius 1 is 1.40 bits per heavy atom. The largest absolute Gasteiger partial charge is 0.487 e. The summed E-state index contributed by atoms with van der Waals surface area (Å²) in [6, 6.07) is 7.91. The summed E-state index contributed by atoms with van der Waals surface area (Å²) in [5.41, 5.74) is 0.275. The van der Waals surface area contributed by atoms with Gasteiger partial charge in [-0.05, 0) is 26.5 Å². The van der Waals surface area contributed by atoms with Gasteiger partial charge < -0.3 is 14.8 Å². The lowest BCUT2D eigenvalue weighted by Gasteiger charge is -2.46. The Labute approximate surface area is 120 Å². The first kappa shape index (κ1) is 14.9. The van der Waals surface area contributed by atoms with Crippen LogP contribution in [0.15, 0.2) is 24.3 Å². The Morgan fingerprint density at radius 2 is 2.10 bits per heavy atom. The smallest absolute Gasteiger partial charge is 0.307 e. The van der Waals surface area contributed by atoms with E-state index in [2.05, 4.69) is 5.32 Å². The van der Waals surface area contributed by atoms with Crippen molar-refractivity contribution in [2.24, 2.45) is 0 Å². The molecular weight excluding hydrogens is 254 g/mol. The van der Waals surface area contributed by atoms with Crippen molar-refractivity contribution in [3.63, 3.8) is 0 Å². The maximum Gasteiger partial charge on any atom is 0.307 e. The molecule has 1 N–H and O–H groups in total. The third-order valence-corrected chi connectivity index (χ3v) is 3.71. The number of hydrogen-bond acceptors (Lipinski definition) is 4. The number of ether oxygens (including phenoxy) is 2. The molecule has 0 radical (unpaired) electrons. The Hall–Kier alpha value is -1.55. The topological polar surface area (TPSA) is 47.6 Å². The summed E-state index contributed by atoms with van der Waals surface area (Å²) in [5.74, 6) is 0.632. The summed E-state index contributed by atoms with van der Waals surface area (Å²) in [5, 5.41) is 3.49. The second-order valence-electron chi connectivity index (χ2n) is 5.90. The molecule has 4 heteroatoms. The minimum atomic E-state index is -0.430. The molecule has 0 spiro atoms. The zero-order chi connectivity index (χ0) is 14.8. The van der Waals surface area contributed by atoms with Gasteiger partial charge in [-0.2, -0.15) is 0 Å². The van der Waals surface area contributed by atoms with Gasteiger partial charge in [0.25, 0.3) is 0 Å². The van der Waals surface area contributed by atoms with Crippen molar-refractivity contribution in [2.45, 2.75) is 44.8 Å². The monoisotopic (exact) mass is 277 g/mol. The summed E-state index contributed by atoms with van der Waals surface area (Å²) < 4.78 is 10.9. The van der Waals surface area contributed by atoms with E-state index in [1.807, 2.05) is 45.0 Å². The van der Waals surface area contributed by atoms with E-state index < -0.39 is 5.54 Å². The van der Waals surface area contributed by atoms with Gasteiger partial charge in [-0.1, -0.05) is 25.1 Å². The van der Waals surface area contributed by atoms with Gasteiger partial charge >= 0.3 is 5.97 Å². The third-order valence-electron chi connectivity index (χ3n) is 3.71. The summed E-state index contributed by atoms with van der Waals surface area (Å²) >= 11 is 0. The molecule has 2 rings (SSSR count). The molecule has 0 saturated heterocycles. The van der Waals surface area contributed by atoms with E-state index in [9.17, 15) is 4.79 Å². The number of benzene rings is 1. The van der Waals surface area contributed by atoms with Crippen molar-refractivity contribution in [3.8, 4) is 5.75 Å². The van der Waals surface area contributed by atoms with E-state index in [0.717, 1.165) is 24.3 Å². The van der Waals surface area contributed by atoms with Crippen molar-refractivity contribution >= 4 is 5.97 Å². The normalized spacial score (nSPS) is 23.6. The van der Waals surface area contributed by atoms with E-state index in [4.69, 9.17) is 9.47 Å². The fourth-order valence-electron chi connectivity index (χ4n) is 3.14. The standard InChI is InChI=1S/C16H23NO3/c1-5-17-16(10-14(18)19-4)11-15(2,3)20-13-9-7-6-8-12(13)16/h6-9,17H,5,10-11H2,1-4H3. The molecule has 0 aromatic heterocycles. The number of esters is 1. The summed E-state index contributed by atoms with van der Waals surface area (Å²) in [4.78, 5) is 11.9. The molecular formula is C16H23NO3. The highest BCUT2D eigenvalue weighted by Crippen LogP contribution is 2.45. The van der Waals surface area contributed by atoms with Crippen LogP contribution in [0.4, 0.5) is 0 Å². The van der Waals surface area contributed by atoms with Crippen molar-refractivity contribution in [1.82, 2.24) is 5.32 Å². The first-order chi connectivity index (χ1) is 9.42. The molecule has 0 bridgehead atoms. The molecule has 1 aliphatic rings. The second-order valence-corrected chi connectivity index (χ2v) is 5.90. The number of hydrogen-bond donors (Lipinski definition) is 1. The first-order valence-electron chi connectivity index (χ1n) is 7.03. The van der Waals surface area contributed by atoms with E-state index >= 15 is 0 Å². The maximum absolute atomic E-state index is 11.9. The molecule has 1 heterocycles. The van der Waals surface area contributed by atoms with Crippen LogP contribution in [-0.2, 0) is 15.1 Å². The quantitative estimate of drug-likeness (QED) is 0.859. The summed E-state index contributed by atoms with van der Waals surface area (Å²) in [7, 11) is 1.43. The minimum absolute atomic E-state index is 0.210. The van der Waals surface area contributed by atoms with Crippen LogP contribution in [-0.4, -0.2) is 25.2 Å². The summed E-state index contributed by atoms with van der Waals surface area (Å²) in [6.45, 7) is 6.92. The Bertz CT molecular complexity index is 498. The lowest BCUT2D eigenvalue weighted by atomic mass is 9.75. The van der Waals surface area contributed by atoms with Gasteiger partial charge in [0.15, 0.2) is 0 Å². The summed E-state index contributed by atoms with van der Waals surface area (Å²) in [6.07, 6.45) is 1.03. The number of carbonyl (C=O) groups is 1. The molecule has 1 aromatic carbocycles. The molecule has 0 amide bonds. The van der Waals surface area contributed by atoms with Gasteiger partial charge in [0.2, 0.25) is 0 Å². The number of para-hydroxylation sites is 1. The van der Waals surface area contributed by atoms with Crippen molar-refractivity contribution in [3.05, 3.63) is 29.8 Å². The lowest BCUT2D eigenvalue weighted by molar-refractivity contribution is -0.143. The van der Waals surface area contributed by atoms with E-state index in [1.54, 1.807) is 0 Å². The van der Waals surface area contributed by atoms with Crippen LogP contribution in [0.3, 0.4) is 0 Å². The van der Waals surface area contributed by atoms with Gasteiger partial charge in [-0.25, -0.2) is 0 Å². The molecule has 0 saturated carbocycles. The van der Waals surface area contributed by atoms with Gasteiger partial charge in [0, 0.05) is 12.0 Å². The zero-order valence-electron chi connectivity index (χ0n) is 12.7. The first-order valence-corrected chi connectivity index (χ1v) is 7.03. The highest BCUT2D eigenvalue weighted by Gasteiger charge is 2.46. The average molecular weight is 277 g/mol. The number of rotatable bonds is 4. The minimum Gasteiger partial charge on any atom is -0.487 e. The van der Waals surface area contributed by atoms with Crippen molar-refractivity contribution in [2.75, 3.05) is 13.7 Å². The number of fused-ring (bicyclic) bond motifs is 1. The molecule has 1 aromatic rings. The second kappa shape index (κ2) is 5.44. The zero-order valence-corrected chi connectivity index (χ0v) is 12.7. The van der Waals surface area contributed by atoms with E-state index in [-0.39, 0.29) is 11.6 Å². The molecule has 0 fully saturated rings. The van der Waals surface area contributed by atoms with Crippen LogP contribution < -0.4 is 10.1 Å². The predicted molar refractivity (Wildman–Crippen MR) is 77.8 cm³/mol. The van der Waals surface area contributed by atoms with Crippen LogP contribution in [0.5, 0.6) is 5.75 Å². The fraction of sp³-hybridized carbons (Fsp3) is 0.562. The van der Waals surface area contributed by atoms with Crippen LogP contribution in [0.25, 0.3) is 0 Å². The van der Waals surface area contributed by atoms with Gasteiger partial charge in [0.05, 0.1) is 19.1 Å². The molecule has 110 valence electrons. The fourth-order valence-corrected chi connectivity index (χ4v) is 3.14. The number of nitrogens with one attached hydrogen (secondary N) is 1. The molecule has 4 nitrogen and oxygen atoms in total. The van der Waals surface area contributed by atoms with Crippen molar-refractivity contribution < 1.29 is 14.3 Å².